The molecule has 1 aromatic rings. The molecule has 0 bridgehead atoms. The van der Waals surface area contributed by atoms with Crippen molar-refractivity contribution >= 4 is 18.3 Å². The van der Waals surface area contributed by atoms with Crippen LogP contribution in [0.2, 0.25) is 0 Å². The van der Waals surface area contributed by atoms with Gasteiger partial charge in [0.15, 0.2) is 0 Å². The number of hydrogen-bond acceptors (Lipinski definition) is 2. The number of hydrogen-bond donors (Lipinski definition) is 1. The molecule has 1 amide bonds. The smallest absolute Gasteiger partial charge is 0.254 e. The van der Waals surface area contributed by atoms with Crippen LogP contribution >= 0.6 is 12.4 Å². The van der Waals surface area contributed by atoms with Crippen LogP contribution in [0, 0.1) is 0 Å². The first kappa shape index (κ1) is 19.0. The quantitative estimate of drug-likeness (QED) is 0.920. The summed E-state index contributed by atoms with van der Waals surface area (Å²) in [4.78, 5) is 14.8. The van der Waals surface area contributed by atoms with Crippen molar-refractivity contribution in [3.05, 3.63) is 35.4 Å². The molecule has 1 atom stereocenters. The summed E-state index contributed by atoms with van der Waals surface area (Å²) in [6.45, 7) is 8.07. The average molecular weight is 325 g/mol. The summed E-state index contributed by atoms with van der Waals surface area (Å²) >= 11 is 0. The maximum atomic E-state index is 12.7. The van der Waals surface area contributed by atoms with E-state index in [4.69, 9.17) is 5.73 Å². The molecule has 1 aliphatic heterocycles. The Hall–Kier alpha value is -1.06. The van der Waals surface area contributed by atoms with Crippen molar-refractivity contribution < 1.29 is 4.79 Å². The highest BCUT2D eigenvalue weighted by Gasteiger charge is 2.27. The molecule has 0 aliphatic carbocycles. The lowest BCUT2D eigenvalue weighted by Gasteiger charge is -2.36. The molecule has 3 nitrogen and oxygen atoms in total. The molecular weight excluding hydrogens is 296 g/mol. The molecule has 2 rings (SSSR count). The molecule has 1 heterocycles. The molecule has 0 radical (unpaired) electrons. The molecule has 124 valence electrons. The predicted octanol–water partition coefficient (Wildman–Crippen LogP) is 3.75. The van der Waals surface area contributed by atoms with Crippen molar-refractivity contribution in [1.29, 1.82) is 0 Å². The van der Waals surface area contributed by atoms with Gasteiger partial charge in [-0.2, -0.15) is 0 Å². The number of likely N-dealkylation sites (tertiary alicyclic amines) is 1. The second kappa shape index (κ2) is 7.98. The summed E-state index contributed by atoms with van der Waals surface area (Å²) < 4.78 is 0. The number of rotatable bonds is 3. The SMILES string of the molecule is CC(C)(C)c1ccc(C(=O)N2CCCCC2CCN)cc1.Cl. The third kappa shape index (κ3) is 4.47. The maximum Gasteiger partial charge on any atom is 0.254 e. The third-order valence-electron chi connectivity index (χ3n) is 4.39. The molecule has 1 fully saturated rings. The fraction of sp³-hybridized carbons (Fsp3) is 0.611. The number of nitrogens with two attached hydrogens (primary N) is 1. The molecule has 22 heavy (non-hydrogen) atoms. The summed E-state index contributed by atoms with van der Waals surface area (Å²) in [7, 11) is 0. The molecule has 0 spiro atoms. The average Bonchev–Trinajstić information content (AvgIpc) is 2.47. The van der Waals surface area contributed by atoms with Crippen LogP contribution < -0.4 is 5.73 Å². The number of amides is 1. The van der Waals surface area contributed by atoms with Gasteiger partial charge in [-0.05, 0) is 55.3 Å². The van der Waals surface area contributed by atoms with Crippen LogP contribution in [0.5, 0.6) is 0 Å². The van der Waals surface area contributed by atoms with E-state index in [1.807, 2.05) is 17.0 Å². The Labute approximate surface area is 140 Å². The van der Waals surface area contributed by atoms with E-state index in [0.717, 1.165) is 31.4 Å². The minimum atomic E-state index is 0. The highest BCUT2D eigenvalue weighted by atomic mass is 35.5. The van der Waals surface area contributed by atoms with Crippen LogP contribution in [0.4, 0.5) is 0 Å². The number of carbonyl (C=O) groups excluding carboxylic acids is 1. The number of piperidine rings is 1. The molecule has 4 heteroatoms. The van der Waals surface area contributed by atoms with E-state index in [0.29, 0.717) is 12.6 Å². The van der Waals surface area contributed by atoms with Crippen LogP contribution in [0.15, 0.2) is 24.3 Å². The summed E-state index contributed by atoms with van der Waals surface area (Å²) in [6.07, 6.45) is 4.30. The van der Waals surface area contributed by atoms with E-state index >= 15 is 0 Å². The number of benzene rings is 1. The summed E-state index contributed by atoms with van der Waals surface area (Å²) in [5, 5.41) is 0. The Morgan fingerprint density at radius 1 is 1.23 bits per heavy atom. The van der Waals surface area contributed by atoms with Gasteiger partial charge in [0.05, 0.1) is 0 Å². The predicted molar refractivity (Wildman–Crippen MR) is 94.7 cm³/mol. The molecule has 1 unspecified atom stereocenters. The zero-order chi connectivity index (χ0) is 15.5. The van der Waals surface area contributed by atoms with Crippen LogP contribution in [-0.4, -0.2) is 29.9 Å². The van der Waals surface area contributed by atoms with Gasteiger partial charge in [-0.3, -0.25) is 4.79 Å². The normalized spacial score (nSPS) is 18.7. The zero-order valence-corrected chi connectivity index (χ0v) is 14.8. The Balaban J connectivity index is 0.00000242. The topological polar surface area (TPSA) is 46.3 Å². The van der Waals surface area contributed by atoms with Gasteiger partial charge in [0.2, 0.25) is 0 Å². The first-order chi connectivity index (χ1) is 9.93. The lowest BCUT2D eigenvalue weighted by Crippen LogP contribution is -2.44. The Kier molecular flexibility index (Phi) is 6.89. The number of nitrogens with zero attached hydrogens (tertiary/aromatic N) is 1. The Morgan fingerprint density at radius 2 is 1.86 bits per heavy atom. The lowest BCUT2D eigenvalue weighted by atomic mass is 9.86. The summed E-state index contributed by atoms with van der Waals surface area (Å²) in [5.41, 5.74) is 7.87. The largest absolute Gasteiger partial charge is 0.336 e. The highest BCUT2D eigenvalue weighted by Crippen LogP contribution is 2.25. The van der Waals surface area contributed by atoms with E-state index in [9.17, 15) is 4.79 Å². The summed E-state index contributed by atoms with van der Waals surface area (Å²) in [6, 6.07) is 8.41. The molecule has 0 saturated carbocycles. The molecule has 1 aliphatic rings. The highest BCUT2D eigenvalue weighted by molar-refractivity contribution is 5.94. The minimum absolute atomic E-state index is 0. The van der Waals surface area contributed by atoms with Crippen LogP contribution in [0.25, 0.3) is 0 Å². The van der Waals surface area contributed by atoms with E-state index in [-0.39, 0.29) is 23.7 Å². The standard InChI is InChI=1S/C18H28N2O.ClH/c1-18(2,3)15-9-7-14(8-10-15)17(21)20-13-5-4-6-16(20)11-12-19;/h7-10,16H,4-6,11-13,19H2,1-3H3;1H. The maximum absolute atomic E-state index is 12.7. The van der Waals surface area contributed by atoms with E-state index in [1.54, 1.807) is 0 Å². The van der Waals surface area contributed by atoms with Crippen molar-refractivity contribution in [2.75, 3.05) is 13.1 Å². The van der Waals surface area contributed by atoms with E-state index in [1.165, 1.54) is 12.0 Å². The van der Waals surface area contributed by atoms with E-state index < -0.39 is 0 Å². The second-order valence-electron chi connectivity index (χ2n) is 7.05. The monoisotopic (exact) mass is 324 g/mol. The molecular formula is C18H29ClN2O. The molecule has 2 N–H and O–H groups in total. The fourth-order valence-electron chi connectivity index (χ4n) is 3.04. The van der Waals surface area contributed by atoms with Gasteiger partial charge < -0.3 is 10.6 Å². The minimum Gasteiger partial charge on any atom is -0.336 e. The van der Waals surface area contributed by atoms with Crippen molar-refractivity contribution in [3.63, 3.8) is 0 Å². The van der Waals surface area contributed by atoms with Crippen LogP contribution in [0.3, 0.4) is 0 Å². The van der Waals surface area contributed by atoms with Crippen LogP contribution in [0.1, 0.15) is 62.4 Å². The van der Waals surface area contributed by atoms with Gasteiger partial charge >= 0.3 is 0 Å². The van der Waals surface area contributed by atoms with Gasteiger partial charge in [-0.1, -0.05) is 32.9 Å². The van der Waals surface area contributed by atoms with Crippen molar-refractivity contribution in [2.24, 2.45) is 5.73 Å². The van der Waals surface area contributed by atoms with Crippen molar-refractivity contribution in [2.45, 2.75) is 57.9 Å². The van der Waals surface area contributed by atoms with Gasteiger partial charge in [-0.25, -0.2) is 0 Å². The second-order valence-corrected chi connectivity index (χ2v) is 7.05. The summed E-state index contributed by atoms with van der Waals surface area (Å²) in [5.74, 6) is 0.161. The molecule has 1 aromatic carbocycles. The first-order valence-electron chi connectivity index (χ1n) is 8.05. The van der Waals surface area contributed by atoms with Crippen molar-refractivity contribution in [1.82, 2.24) is 4.90 Å². The van der Waals surface area contributed by atoms with Gasteiger partial charge in [0.25, 0.3) is 5.91 Å². The zero-order valence-electron chi connectivity index (χ0n) is 14.0. The number of carbonyl (C=O) groups is 1. The molecule has 0 aromatic heterocycles. The number of halogens is 1. The first-order valence-corrected chi connectivity index (χ1v) is 8.05. The fourth-order valence-corrected chi connectivity index (χ4v) is 3.04. The van der Waals surface area contributed by atoms with Gasteiger partial charge in [0.1, 0.15) is 0 Å². The van der Waals surface area contributed by atoms with Crippen molar-refractivity contribution in [3.8, 4) is 0 Å². The lowest BCUT2D eigenvalue weighted by molar-refractivity contribution is 0.0605. The van der Waals surface area contributed by atoms with Gasteiger partial charge in [-0.15, -0.1) is 12.4 Å². The van der Waals surface area contributed by atoms with Gasteiger partial charge in [0, 0.05) is 18.2 Å². The third-order valence-corrected chi connectivity index (χ3v) is 4.39. The molecule has 1 saturated heterocycles. The Bertz CT molecular complexity index is 477. The van der Waals surface area contributed by atoms with E-state index in [2.05, 4.69) is 32.9 Å². The van der Waals surface area contributed by atoms with Crippen LogP contribution in [-0.2, 0) is 5.41 Å². The Morgan fingerprint density at radius 3 is 2.41 bits per heavy atom.